The fourth-order valence-electron chi connectivity index (χ4n) is 2.59. The Morgan fingerprint density at radius 2 is 2.27 bits per heavy atom. The summed E-state index contributed by atoms with van der Waals surface area (Å²) >= 11 is 6.70. The highest BCUT2D eigenvalue weighted by atomic mass is 35.5. The van der Waals surface area contributed by atoms with E-state index in [4.69, 9.17) is 17.3 Å². The number of thiophene rings is 1. The first kappa shape index (κ1) is 17.7. The first-order valence-electron chi connectivity index (χ1n) is 7.11. The van der Waals surface area contributed by atoms with Crippen molar-refractivity contribution in [2.45, 2.75) is 42.5 Å². The van der Waals surface area contributed by atoms with Gasteiger partial charge in [0, 0.05) is 18.6 Å². The second-order valence-corrected chi connectivity index (χ2v) is 9.10. The highest BCUT2D eigenvalue weighted by Crippen LogP contribution is 2.25. The van der Waals surface area contributed by atoms with Crippen molar-refractivity contribution in [1.82, 2.24) is 9.62 Å². The largest absolute Gasteiger partial charge is 0.337 e. The second kappa shape index (κ2) is 7.27. The number of amides is 1. The SMILES string of the molecule is CC(N)C1CCCCN1C(=O)CNS(=O)(=O)c1ccc(Cl)s1. The lowest BCUT2D eigenvalue weighted by Crippen LogP contribution is -2.54. The lowest BCUT2D eigenvalue weighted by atomic mass is 9.97. The van der Waals surface area contributed by atoms with Crippen molar-refractivity contribution in [2.24, 2.45) is 5.73 Å². The van der Waals surface area contributed by atoms with E-state index in [1.54, 1.807) is 4.90 Å². The number of likely N-dealkylation sites (tertiary alicyclic amines) is 1. The Morgan fingerprint density at radius 3 is 2.86 bits per heavy atom. The molecule has 2 unspecified atom stereocenters. The molecule has 0 radical (unpaired) electrons. The normalized spacial score (nSPS) is 20.9. The average molecular weight is 366 g/mol. The summed E-state index contributed by atoms with van der Waals surface area (Å²) in [7, 11) is -3.71. The molecule has 0 aromatic carbocycles. The number of carbonyl (C=O) groups is 1. The minimum Gasteiger partial charge on any atom is -0.337 e. The number of nitrogens with one attached hydrogen (secondary N) is 1. The van der Waals surface area contributed by atoms with Gasteiger partial charge < -0.3 is 10.6 Å². The molecule has 1 aromatic heterocycles. The van der Waals surface area contributed by atoms with E-state index in [1.165, 1.54) is 12.1 Å². The van der Waals surface area contributed by atoms with Crippen molar-refractivity contribution in [3.63, 3.8) is 0 Å². The van der Waals surface area contributed by atoms with E-state index in [0.717, 1.165) is 30.6 Å². The van der Waals surface area contributed by atoms with Crippen molar-refractivity contribution >= 4 is 38.9 Å². The third-order valence-electron chi connectivity index (χ3n) is 3.70. The van der Waals surface area contributed by atoms with Crippen LogP contribution in [0.5, 0.6) is 0 Å². The van der Waals surface area contributed by atoms with Gasteiger partial charge in [0.05, 0.1) is 10.9 Å². The van der Waals surface area contributed by atoms with Crippen LogP contribution in [0.3, 0.4) is 0 Å². The van der Waals surface area contributed by atoms with Gasteiger partial charge in [-0.15, -0.1) is 11.3 Å². The zero-order chi connectivity index (χ0) is 16.3. The number of hydrogen-bond acceptors (Lipinski definition) is 5. The van der Waals surface area contributed by atoms with Gasteiger partial charge in [-0.1, -0.05) is 11.6 Å². The molecule has 1 aliphatic heterocycles. The van der Waals surface area contributed by atoms with Crippen LogP contribution in [0.15, 0.2) is 16.3 Å². The topological polar surface area (TPSA) is 92.5 Å². The van der Waals surface area contributed by atoms with Crippen molar-refractivity contribution in [3.05, 3.63) is 16.5 Å². The van der Waals surface area contributed by atoms with Gasteiger partial charge in [-0.05, 0) is 38.3 Å². The van der Waals surface area contributed by atoms with E-state index in [1.807, 2.05) is 6.92 Å². The van der Waals surface area contributed by atoms with Crippen LogP contribution in [0.4, 0.5) is 0 Å². The minimum atomic E-state index is -3.71. The van der Waals surface area contributed by atoms with E-state index in [-0.39, 0.29) is 28.7 Å². The lowest BCUT2D eigenvalue weighted by Gasteiger charge is -2.38. The molecule has 1 saturated heterocycles. The maximum atomic E-state index is 12.3. The molecule has 124 valence electrons. The van der Waals surface area contributed by atoms with Crippen LogP contribution >= 0.6 is 22.9 Å². The summed E-state index contributed by atoms with van der Waals surface area (Å²) in [6.45, 7) is 2.23. The summed E-state index contributed by atoms with van der Waals surface area (Å²) in [5, 5.41) is 0. The van der Waals surface area contributed by atoms with Crippen molar-refractivity contribution in [1.29, 1.82) is 0 Å². The fraction of sp³-hybridized carbons (Fsp3) is 0.615. The van der Waals surface area contributed by atoms with Crippen LogP contribution in [0.1, 0.15) is 26.2 Å². The predicted octanol–water partition coefficient (Wildman–Crippen LogP) is 1.41. The molecular formula is C13H20ClN3O3S2. The molecule has 0 aliphatic carbocycles. The molecule has 2 atom stereocenters. The summed E-state index contributed by atoms with van der Waals surface area (Å²) < 4.78 is 27.0. The van der Waals surface area contributed by atoms with Crippen molar-refractivity contribution in [2.75, 3.05) is 13.1 Å². The molecule has 6 nitrogen and oxygen atoms in total. The molecule has 2 rings (SSSR count). The monoisotopic (exact) mass is 365 g/mol. The molecule has 3 N–H and O–H groups in total. The van der Waals surface area contributed by atoms with E-state index in [9.17, 15) is 13.2 Å². The van der Waals surface area contributed by atoms with Crippen LogP contribution in [0.2, 0.25) is 4.34 Å². The van der Waals surface area contributed by atoms with Gasteiger partial charge in [0.25, 0.3) is 10.0 Å². The summed E-state index contributed by atoms with van der Waals surface area (Å²) in [6.07, 6.45) is 2.81. The molecule has 2 heterocycles. The number of halogens is 1. The lowest BCUT2D eigenvalue weighted by molar-refractivity contribution is -0.134. The highest BCUT2D eigenvalue weighted by Gasteiger charge is 2.29. The molecule has 1 fully saturated rings. The maximum absolute atomic E-state index is 12.3. The fourth-order valence-corrected chi connectivity index (χ4v) is 5.09. The Kier molecular flexibility index (Phi) is 5.84. The Balaban J connectivity index is 1.99. The average Bonchev–Trinajstić information content (AvgIpc) is 2.92. The van der Waals surface area contributed by atoms with Gasteiger partial charge in [0.2, 0.25) is 5.91 Å². The molecular weight excluding hydrogens is 346 g/mol. The molecule has 1 aromatic rings. The smallest absolute Gasteiger partial charge is 0.250 e. The van der Waals surface area contributed by atoms with Gasteiger partial charge in [-0.3, -0.25) is 4.79 Å². The molecule has 9 heteroatoms. The second-order valence-electron chi connectivity index (χ2n) is 5.39. The molecule has 0 spiro atoms. The van der Waals surface area contributed by atoms with E-state index in [0.29, 0.717) is 10.9 Å². The van der Waals surface area contributed by atoms with Gasteiger partial charge in [-0.2, -0.15) is 0 Å². The van der Waals surface area contributed by atoms with Gasteiger partial charge in [0.15, 0.2) is 0 Å². The summed E-state index contributed by atoms with van der Waals surface area (Å²) in [5.74, 6) is -0.242. The van der Waals surface area contributed by atoms with Crippen LogP contribution in [-0.2, 0) is 14.8 Å². The van der Waals surface area contributed by atoms with Crippen LogP contribution < -0.4 is 10.5 Å². The molecule has 1 amide bonds. The standard InChI is InChI=1S/C13H20ClN3O3S2/c1-9(15)10-4-2-3-7-17(10)12(18)8-16-22(19,20)13-6-5-11(14)21-13/h5-6,9-10,16H,2-4,7-8,15H2,1H3. The quantitative estimate of drug-likeness (QED) is 0.825. The number of nitrogens with zero attached hydrogens (tertiary/aromatic N) is 1. The van der Waals surface area contributed by atoms with Gasteiger partial charge in [-0.25, -0.2) is 13.1 Å². The minimum absolute atomic E-state index is 0.0260. The maximum Gasteiger partial charge on any atom is 0.250 e. The number of piperidine rings is 1. The first-order valence-corrected chi connectivity index (χ1v) is 9.79. The zero-order valence-corrected chi connectivity index (χ0v) is 14.7. The molecule has 0 saturated carbocycles. The number of hydrogen-bond donors (Lipinski definition) is 2. The Bertz CT molecular complexity index is 630. The number of sulfonamides is 1. The zero-order valence-electron chi connectivity index (χ0n) is 12.3. The third kappa shape index (κ3) is 4.20. The van der Waals surface area contributed by atoms with Crippen LogP contribution in [0.25, 0.3) is 0 Å². The van der Waals surface area contributed by atoms with Gasteiger partial charge >= 0.3 is 0 Å². The number of nitrogens with two attached hydrogens (primary N) is 1. The van der Waals surface area contributed by atoms with Crippen LogP contribution in [-0.4, -0.2) is 44.4 Å². The van der Waals surface area contributed by atoms with E-state index < -0.39 is 10.0 Å². The molecule has 1 aliphatic rings. The van der Waals surface area contributed by atoms with Crippen LogP contribution in [0, 0.1) is 0 Å². The first-order chi connectivity index (χ1) is 10.3. The predicted molar refractivity (Wildman–Crippen MR) is 87.5 cm³/mol. The Hall–Kier alpha value is -0.670. The summed E-state index contributed by atoms with van der Waals surface area (Å²) in [6, 6.07) is 2.78. The Morgan fingerprint density at radius 1 is 1.55 bits per heavy atom. The Labute approximate surface area is 139 Å². The van der Waals surface area contributed by atoms with E-state index in [2.05, 4.69) is 4.72 Å². The molecule has 0 bridgehead atoms. The van der Waals surface area contributed by atoms with Gasteiger partial charge in [0.1, 0.15) is 4.21 Å². The number of carbonyl (C=O) groups excluding carboxylic acids is 1. The highest BCUT2D eigenvalue weighted by molar-refractivity contribution is 7.91. The van der Waals surface area contributed by atoms with Crippen molar-refractivity contribution in [3.8, 4) is 0 Å². The number of rotatable bonds is 5. The summed E-state index contributed by atoms with van der Waals surface area (Å²) in [4.78, 5) is 14.0. The molecule has 22 heavy (non-hydrogen) atoms. The summed E-state index contributed by atoms with van der Waals surface area (Å²) in [5.41, 5.74) is 5.93. The van der Waals surface area contributed by atoms with Crippen molar-refractivity contribution < 1.29 is 13.2 Å². The van der Waals surface area contributed by atoms with E-state index >= 15 is 0 Å². The third-order valence-corrected chi connectivity index (χ3v) is 6.83.